The topological polar surface area (TPSA) is 71.1 Å². The van der Waals surface area contributed by atoms with Crippen molar-refractivity contribution in [3.63, 3.8) is 0 Å². The zero-order chi connectivity index (χ0) is 24.5. The molecule has 0 unspecified atom stereocenters. The first-order chi connectivity index (χ1) is 16.9. The van der Waals surface area contributed by atoms with Crippen molar-refractivity contribution >= 4 is 51.8 Å². The van der Waals surface area contributed by atoms with Crippen LogP contribution < -0.4 is 15.0 Å². The molecule has 9 heteroatoms. The highest BCUT2D eigenvalue weighted by molar-refractivity contribution is 7.17. The Labute approximate surface area is 212 Å². The van der Waals surface area contributed by atoms with Crippen LogP contribution in [0.4, 0.5) is 11.4 Å². The molecule has 0 aliphatic carbocycles. The minimum absolute atomic E-state index is 0.0477. The minimum Gasteiger partial charge on any atom is -0.495 e. The first kappa shape index (κ1) is 23.4. The third-order valence-electron chi connectivity index (χ3n) is 6.06. The van der Waals surface area contributed by atoms with Crippen molar-refractivity contribution in [2.45, 2.75) is 13.1 Å². The fourth-order valence-electron chi connectivity index (χ4n) is 4.39. The van der Waals surface area contributed by atoms with Crippen molar-refractivity contribution in [3.05, 3.63) is 81.0 Å². The first-order valence-electron chi connectivity index (χ1n) is 11.1. The van der Waals surface area contributed by atoms with E-state index in [0.717, 1.165) is 21.7 Å². The van der Waals surface area contributed by atoms with Crippen molar-refractivity contribution in [2.75, 3.05) is 37.1 Å². The van der Waals surface area contributed by atoms with Crippen molar-refractivity contribution in [1.29, 1.82) is 0 Å². The number of fused-ring (bicyclic) bond motifs is 1. The van der Waals surface area contributed by atoms with Gasteiger partial charge in [0.25, 0.3) is 11.8 Å². The number of ether oxygens (including phenoxy) is 2. The first-order valence-corrected chi connectivity index (χ1v) is 12.3. The summed E-state index contributed by atoms with van der Waals surface area (Å²) in [6.45, 7) is 5.99. The Morgan fingerprint density at radius 3 is 2.83 bits per heavy atom. The maximum Gasteiger partial charge on any atom is 0.256 e. The number of methoxy groups -OCH3 is 1. The summed E-state index contributed by atoms with van der Waals surface area (Å²) >= 11 is 7.49. The van der Waals surface area contributed by atoms with E-state index < -0.39 is 0 Å². The van der Waals surface area contributed by atoms with Crippen LogP contribution in [-0.4, -0.2) is 43.6 Å². The number of hydrogen-bond donors (Lipinski definition) is 1. The van der Waals surface area contributed by atoms with Crippen LogP contribution in [0.15, 0.2) is 55.1 Å². The molecule has 2 aromatic carbocycles. The predicted octanol–water partition coefficient (Wildman–Crippen LogP) is 5.01. The SMILES string of the molecule is C=C(Nc1cccc2c1C(=O)N(Cc1ccc(OC)c(N3CCOCC3=O)c1)C2)c1ccc(Cl)s1. The minimum atomic E-state index is -0.112. The van der Waals surface area contributed by atoms with Crippen molar-refractivity contribution < 1.29 is 19.1 Å². The van der Waals surface area contributed by atoms with Crippen LogP contribution in [-0.2, 0) is 22.6 Å². The molecule has 3 aromatic rings. The van der Waals surface area contributed by atoms with Crippen LogP contribution in [0.5, 0.6) is 5.75 Å². The molecule has 1 aromatic heterocycles. The molecular formula is C26H24ClN3O4S. The van der Waals surface area contributed by atoms with E-state index in [0.29, 0.717) is 53.3 Å². The summed E-state index contributed by atoms with van der Waals surface area (Å²) in [5, 5.41) is 3.30. The summed E-state index contributed by atoms with van der Waals surface area (Å²) < 4.78 is 11.4. The molecule has 0 radical (unpaired) electrons. The highest BCUT2D eigenvalue weighted by atomic mass is 35.5. The average Bonchev–Trinajstić information content (AvgIpc) is 3.43. The van der Waals surface area contributed by atoms with Gasteiger partial charge in [-0.15, -0.1) is 11.3 Å². The summed E-state index contributed by atoms with van der Waals surface area (Å²) in [5.74, 6) is 0.443. The van der Waals surface area contributed by atoms with Crippen LogP contribution in [0, 0.1) is 0 Å². The molecule has 1 N–H and O–H groups in total. The number of anilines is 2. The van der Waals surface area contributed by atoms with E-state index in [-0.39, 0.29) is 18.4 Å². The van der Waals surface area contributed by atoms with E-state index in [1.165, 1.54) is 11.3 Å². The average molecular weight is 510 g/mol. The van der Waals surface area contributed by atoms with Crippen molar-refractivity contribution in [1.82, 2.24) is 4.90 Å². The molecule has 1 saturated heterocycles. The van der Waals surface area contributed by atoms with E-state index in [4.69, 9.17) is 21.1 Å². The molecule has 1 fully saturated rings. The molecule has 35 heavy (non-hydrogen) atoms. The van der Waals surface area contributed by atoms with E-state index >= 15 is 0 Å². The molecule has 180 valence electrons. The highest BCUT2D eigenvalue weighted by Gasteiger charge is 2.31. The second kappa shape index (κ2) is 9.73. The summed E-state index contributed by atoms with van der Waals surface area (Å²) in [7, 11) is 1.58. The van der Waals surface area contributed by atoms with Gasteiger partial charge in [0.2, 0.25) is 0 Å². The summed E-state index contributed by atoms with van der Waals surface area (Å²) in [6.07, 6.45) is 0. The van der Waals surface area contributed by atoms with Crippen LogP contribution in [0.25, 0.3) is 5.70 Å². The number of hydrogen-bond acceptors (Lipinski definition) is 6. The van der Waals surface area contributed by atoms with E-state index in [9.17, 15) is 9.59 Å². The molecule has 0 atom stereocenters. The summed E-state index contributed by atoms with van der Waals surface area (Å²) in [5.41, 5.74) is 4.61. The molecule has 3 heterocycles. The van der Waals surface area contributed by atoms with Gasteiger partial charge in [-0.2, -0.15) is 0 Å². The Kier molecular flexibility index (Phi) is 6.51. The smallest absolute Gasteiger partial charge is 0.256 e. The van der Waals surface area contributed by atoms with E-state index in [2.05, 4.69) is 11.9 Å². The van der Waals surface area contributed by atoms with Crippen molar-refractivity contribution in [3.8, 4) is 5.75 Å². The second-order valence-corrected chi connectivity index (χ2v) is 10.0. The Morgan fingerprint density at radius 1 is 1.23 bits per heavy atom. The summed E-state index contributed by atoms with van der Waals surface area (Å²) in [4.78, 5) is 30.2. The van der Waals surface area contributed by atoms with Crippen molar-refractivity contribution in [2.24, 2.45) is 0 Å². The zero-order valence-corrected chi connectivity index (χ0v) is 20.7. The second-order valence-electron chi connectivity index (χ2n) is 8.31. The number of nitrogens with one attached hydrogen (secondary N) is 1. The van der Waals surface area contributed by atoms with Gasteiger partial charge in [0.05, 0.1) is 39.9 Å². The van der Waals surface area contributed by atoms with Gasteiger partial charge in [-0.1, -0.05) is 36.4 Å². The van der Waals surface area contributed by atoms with Crippen LogP contribution >= 0.6 is 22.9 Å². The number of amides is 2. The number of benzene rings is 2. The Balaban J connectivity index is 1.37. The molecule has 2 aliphatic heterocycles. The third kappa shape index (κ3) is 4.65. The quantitative estimate of drug-likeness (QED) is 0.484. The van der Waals surface area contributed by atoms with Gasteiger partial charge in [0, 0.05) is 25.3 Å². The highest BCUT2D eigenvalue weighted by Crippen LogP contribution is 2.35. The van der Waals surface area contributed by atoms with Crippen LogP contribution in [0.2, 0.25) is 4.34 Å². The predicted molar refractivity (Wildman–Crippen MR) is 138 cm³/mol. The molecule has 0 bridgehead atoms. The Hall–Kier alpha value is -3.33. The Morgan fingerprint density at radius 2 is 2.09 bits per heavy atom. The standard InChI is InChI=1S/C26H24ClN3O4S/c1-16(22-8-9-23(27)35-22)28-19-5-3-4-18-14-29(26(32)25(18)19)13-17-6-7-21(33-2)20(12-17)30-10-11-34-15-24(30)31/h3-9,12,28H,1,10-11,13-15H2,2H3. The normalized spacial score (nSPS) is 15.4. The number of thiophene rings is 1. The molecule has 5 rings (SSSR count). The van der Waals surface area contributed by atoms with Crippen LogP contribution in [0.3, 0.4) is 0 Å². The number of nitrogens with zero attached hydrogens (tertiary/aromatic N) is 2. The lowest BCUT2D eigenvalue weighted by atomic mass is 10.1. The van der Waals surface area contributed by atoms with E-state index in [1.807, 2.05) is 48.5 Å². The van der Waals surface area contributed by atoms with Crippen LogP contribution in [0.1, 0.15) is 26.4 Å². The fourth-order valence-corrected chi connectivity index (χ4v) is 5.36. The third-order valence-corrected chi connectivity index (χ3v) is 7.35. The number of rotatable bonds is 7. The maximum absolute atomic E-state index is 13.4. The number of carbonyl (C=O) groups is 2. The molecule has 2 amide bonds. The Bertz CT molecular complexity index is 1320. The van der Waals surface area contributed by atoms with Gasteiger partial charge in [-0.3, -0.25) is 9.59 Å². The van der Waals surface area contributed by atoms with Gasteiger partial charge >= 0.3 is 0 Å². The van der Waals surface area contributed by atoms with Gasteiger partial charge in [-0.25, -0.2) is 0 Å². The van der Waals surface area contributed by atoms with Gasteiger partial charge < -0.3 is 24.6 Å². The molecule has 0 saturated carbocycles. The van der Waals surface area contributed by atoms with E-state index in [1.54, 1.807) is 16.9 Å². The fraction of sp³-hybridized carbons (Fsp3) is 0.231. The lowest BCUT2D eigenvalue weighted by Gasteiger charge is -2.29. The lowest BCUT2D eigenvalue weighted by Crippen LogP contribution is -2.41. The number of morpholine rings is 1. The maximum atomic E-state index is 13.4. The molecule has 2 aliphatic rings. The van der Waals surface area contributed by atoms with Gasteiger partial charge in [-0.05, 0) is 41.5 Å². The largest absolute Gasteiger partial charge is 0.495 e. The number of carbonyl (C=O) groups excluding carboxylic acids is 2. The molecule has 7 nitrogen and oxygen atoms in total. The number of halogens is 1. The zero-order valence-electron chi connectivity index (χ0n) is 19.2. The molecule has 0 spiro atoms. The monoisotopic (exact) mass is 509 g/mol. The van der Waals surface area contributed by atoms with Gasteiger partial charge in [0.1, 0.15) is 12.4 Å². The van der Waals surface area contributed by atoms with Gasteiger partial charge in [0.15, 0.2) is 0 Å². The lowest BCUT2D eigenvalue weighted by molar-refractivity contribution is -0.125. The summed E-state index contributed by atoms with van der Waals surface area (Å²) in [6, 6.07) is 15.2. The molecular weight excluding hydrogens is 486 g/mol.